The zero-order valence-electron chi connectivity index (χ0n) is 19.6. The molecule has 0 aliphatic carbocycles. The lowest BCUT2D eigenvalue weighted by Crippen LogP contribution is -1.99. The second-order valence-electron chi connectivity index (χ2n) is 9.40. The number of rotatable bonds is 2. The summed E-state index contributed by atoms with van der Waals surface area (Å²) in [6.07, 6.45) is 0. The van der Waals surface area contributed by atoms with Gasteiger partial charge in [0, 0.05) is 32.6 Å². The van der Waals surface area contributed by atoms with Crippen molar-refractivity contribution in [2.75, 3.05) is 0 Å². The van der Waals surface area contributed by atoms with E-state index in [-0.39, 0.29) is 0 Å². The summed E-state index contributed by atoms with van der Waals surface area (Å²) in [6, 6.07) is 48.2. The van der Waals surface area contributed by atoms with Crippen LogP contribution in [0.3, 0.4) is 0 Å². The normalized spacial score (nSPS) is 11.9. The zero-order valence-corrected chi connectivity index (χ0v) is 19.6. The summed E-state index contributed by atoms with van der Waals surface area (Å²) in [7, 11) is 0. The molecule has 0 radical (unpaired) electrons. The molecule has 0 saturated heterocycles. The standard InChI is InChI=1S/C34H22N2/c1-2-13-24(14-3-1)35-31-18-8-6-16-26(31)28-21-22-29-27-17-7-9-19-32(27)36(34(29)33(28)35)30-20-10-12-23-11-4-5-15-25(23)30/h1-22H. The van der Waals surface area contributed by atoms with Gasteiger partial charge in [-0.05, 0) is 35.7 Å². The van der Waals surface area contributed by atoms with Gasteiger partial charge in [0.15, 0.2) is 0 Å². The zero-order chi connectivity index (χ0) is 23.6. The van der Waals surface area contributed by atoms with Crippen LogP contribution < -0.4 is 0 Å². The third-order valence-corrected chi connectivity index (χ3v) is 7.49. The van der Waals surface area contributed by atoms with Gasteiger partial charge in [-0.2, -0.15) is 0 Å². The summed E-state index contributed by atoms with van der Waals surface area (Å²) >= 11 is 0. The Morgan fingerprint density at radius 3 is 1.58 bits per heavy atom. The smallest absolute Gasteiger partial charge is 0.0789 e. The van der Waals surface area contributed by atoms with E-state index in [1.54, 1.807) is 0 Å². The Kier molecular flexibility index (Phi) is 3.97. The van der Waals surface area contributed by atoms with Crippen molar-refractivity contribution in [1.29, 1.82) is 0 Å². The second-order valence-corrected chi connectivity index (χ2v) is 9.40. The molecule has 8 rings (SSSR count). The van der Waals surface area contributed by atoms with Gasteiger partial charge in [-0.1, -0.05) is 103 Å². The largest absolute Gasteiger partial charge is 0.307 e. The molecule has 36 heavy (non-hydrogen) atoms. The van der Waals surface area contributed by atoms with Crippen molar-refractivity contribution in [3.63, 3.8) is 0 Å². The average Bonchev–Trinajstić information content (AvgIpc) is 3.46. The van der Waals surface area contributed by atoms with Crippen LogP contribution in [-0.4, -0.2) is 9.13 Å². The maximum atomic E-state index is 2.48. The summed E-state index contributed by atoms with van der Waals surface area (Å²) in [6.45, 7) is 0. The number of fused-ring (bicyclic) bond motifs is 8. The van der Waals surface area contributed by atoms with E-state index in [1.807, 2.05) is 0 Å². The van der Waals surface area contributed by atoms with Gasteiger partial charge in [-0.25, -0.2) is 0 Å². The minimum absolute atomic E-state index is 1.17. The molecular weight excluding hydrogens is 436 g/mol. The van der Waals surface area contributed by atoms with Crippen LogP contribution >= 0.6 is 0 Å². The molecule has 0 spiro atoms. The van der Waals surface area contributed by atoms with Crippen LogP contribution in [0.25, 0.3) is 65.8 Å². The molecule has 0 saturated carbocycles. The Morgan fingerprint density at radius 1 is 0.333 bits per heavy atom. The van der Waals surface area contributed by atoms with Crippen molar-refractivity contribution in [1.82, 2.24) is 9.13 Å². The molecule has 2 aromatic heterocycles. The van der Waals surface area contributed by atoms with Gasteiger partial charge < -0.3 is 9.13 Å². The van der Waals surface area contributed by atoms with Gasteiger partial charge in [0.1, 0.15) is 0 Å². The molecule has 0 atom stereocenters. The Labute approximate surface area is 208 Å². The summed E-state index contributed by atoms with van der Waals surface area (Å²) in [4.78, 5) is 0. The van der Waals surface area contributed by atoms with E-state index in [4.69, 9.17) is 0 Å². The van der Waals surface area contributed by atoms with Gasteiger partial charge in [0.05, 0.1) is 27.8 Å². The third-order valence-electron chi connectivity index (χ3n) is 7.49. The lowest BCUT2D eigenvalue weighted by Gasteiger charge is -2.14. The van der Waals surface area contributed by atoms with Crippen molar-refractivity contribution in [2.24, 2.45) is 0 Å². The highest BCUT2D eigenvalue weighted by atomic mass is 15.0. The monoisotopic (exact) mass is 458 g/mol. The third kappa shape index (κ3) is 2.56. The second kappa shape index (κ2) is 7.34. The summed E-state index contributed by atoms with van der Waals surface area (Å²) < 4.78 is 4.92. The highest BCUT2D eigenvalue weighted by Crippen LogP contribution is 2.42. The molecule has 8 aromatic rings. The van der Waals surface area contributed by atoms with E-state index in [1.165, 1.54) is 65.8 Å². The molecule has 0 fully saturated rings. The Bertz CT molecular complexity index is 2090. The minimum Gasteiger partial charge on any atom is -0.307 e. The first-order valence-electron chi connectivity index (χ1n) is 12.4. The Hall–Kier alpha value is -4.82. The topological polar surface area (TPSA) is 9.86 Å². The first-order chi connectivity index (χ1) is 17.9. The van der Waals surface area contributed by atoms with Crippen molar-refractivity contribution < 1.29 is 0 Å². The summed E-state index contributed by atoms with van der Waals surface area (Å²) in [5.41, 5.74) is 7.30. The van der Waals surface area contributed by atoms with Crippen molar-refractivity contribution in [3.05, 3.63) is 133 Å². The molecule has 0 amide bonds. The van der Waals surface area contributed by atoms with Crippen LogP contribution in [-0.2, 0) is 0 Å². The molecule has 0 unspecified atom stereocenters. The van der Waals surface area contributed by atoms with Gasteiger partial charge in [0.25, 0.3) is 0 Å². The van der Waals surface area contributed by atoms with Gasteiger partial charge >= 0.3 is 0 Å². The molecule has 2 nitrogen and oxygen atoms in total. The van der Waals surface area contributed by atoms with Crippen molar-refractivity contribution in [2.45, 2.75) is 0 Å². The van der Waals surface area contributed by atoms with E-state index >= 15 is 0 Å². The van der Waals surface area contributed by atoms with Crippen LogP contribution in [0.5, 0.6) is 0 Å². The van der Waals surface area contributed by atoms with Crippen LogP contribution in [0, 0.1) is 0 Å². The first kappa shape index (κ1) is 19.5. The molecule has 2 heteroatoms. The molecule has 6 aromatic carbocycles. The fraction of sp³-hybridized carbons (Fsp3) is 0. The maximum Gasteiger partial charge on any atom is 0.0789 e. The SMILES string of the molecule is c1ccc(-n2c3ccccc3c3ccc4c5ccccc5n(-c5cccc6ccccc56)c4c32)cc1. The highest BCUT2D eigenvalue weighted by molar-refractivity contribution is 6.24. The van der Waals surface area contributed by atoms with Gasteiger partial charge in [0.2, 0.25) is 0 Å². The van der Waals surface area contributed by atoms with Crippen LogP contribution in [0.4, 0.5) is 0 Å². The summed E-state index contributed by atoms with van der Waals surface area (Å²) in [5, 5.41) is 7.58. The molecule has 0 bridgehead atoms. The number of nitrogens with zero attached hydrogens (tertiary/aromatic N) is 2. The summed E-state index contributed by atoms with van der Waals surface area (Å²) in [5.74, 6) is 0. The van der Waals surface area contributed by atoms with Crippen molar-refractivity contribution in [3.8, 4) is 11.4 Å². The lowest BCUT2D eigenvalue weighted by atomic mass is 10.1. The van der Waals surface area contributed by atoms with E-state index < -0.39 is 0 Å². The molecule has 0 aliphatic heterocycles. The number of para-hydroxylation sites is 3. The average molecular weight is 459 g/mol. The lowest BCUT2D eigenvalue weighted by molar-refractivity contribution is 1.16. The first-order valence-corrected chi connectivity index (χ1v) is 12.4. The number of aromatic nitrogens is 2. The van der Waals surface area contributed by atoms with E-state index in [0.717, 1.165) is 0 Å². The van der Waals surface area contributed by atoms with Crippen molar-refractivity contribution >= 4 is 54.4 Å². The molecule has 2 heterocycles. The maximum absolute atomic E-state index is 2.48. The Balaban J connectivity index is 1.68. The fourth-order valence-corrected chi connectivity index (χ4v) is 6.00. The molecule has 0 aliphatic rings. The van der Waals surface area contributed by atoms with Crippen LogP contribution in [0.1, 0.15) is 0 Å². The quantitative estimate of drug-likeness (QED) is 0.244. The number of benzene rings is 6. The van der Waals surface area contributed by atoms with Gasteiger partial charge in [-0.3, -0.25) is 0 Å². The number of hydrogen-bond acceptors (Lipinski definition) is 0. The fourth-order valence-electron chi connectivity index (χ4n) is 6.00. The van der Waals surface area contributed by atoms with Crippen LogP contribution in [0.15, 0.2) is 133 Å². The molecular formula is C34H22N2. The number of hydrogen-bond donors (Lipinski definition) is 0. The predicted molar refractivity (Wildman–Crippen MR) is 153 cm³/mol. The molecule has 168 valence electrons. The van der Waals surface area contributed by atoms with E-state index in [9.17, 15) is 0 Å². The van der Waals surface area contributed by atoms with E-state index in [2.05, 4.69) is 143 Å². The molecule has 0 N–H and O–H groups in total. The predicted octanol–water partition coefficient (Wildman–Crippen LogP) is 9.03. The minimum atomic E-state index is 1.17. The Morgan fingerprint density at radius 2 is 0.861 bits per heavy atom. The van der Waals surface area contributed by atoms with E-state index in [0.29, 0.717) is 0 Å². The highest BCUT2D eigenvalue weighted by Gasteiger charge is 2.21. The van der Waals surface area contributed by atoms with Gasteiger partial charge in [-0.15, -0.1) is 0 Å². The van der Waals surface area contributed by atoms with Crippen LogP contribution in [0.2, 0.25) is 0 Å².